The quantitative estimate of drug-likeness (QED) is 0.307. The minimum absolute atomic E-state index is 0.0143. The second kappa shape index (κ2) is 9.76. The molecule has 0 atom stereocenters. The Morgan fingerprint density at radius 2 is 1.94 bits per heavy atom. The van der Waals surface area contributed by atoms with Crippen LogP contribution in [0.15, 0.2) is 60.0 Å². The number of methoxy groups -OCH3 is 1. The van der Waals surface area contributed by atoms with E-state index in [1.807, 2.05) is 12.1 Å². The van der Waals surface area contributed by atoms with E-state index < -0.39 is 5.97 Å². The Kier molecular flexibility index (Phi) is 6.63. The lowest BCUT2D eigenvalue weighted by Crippen LogP contribution is -2.15. The SMILES string of the molecule is COc1ccccc1NC(=O)Cc1nc(COC(=O)c2ccc3nc(Cl)ccc3c2)cs1. The molecule has 162 valence electrons. The number of para-hydroxylation sites is 2. The van der Waals surface area contributed by atoms with Crippen LogP contribution in [0, 0.1) is 0 Å². The van der Waals surface area contributed by atoms with Crippen molar-refractivity contribution in [3.8, 4) is 5.75 Å². The molecule has 1 N–H and O–H groups in total. The Balaban J connectivity index is 1.33. The van der Waals surface area contributed by atoms with Gasteiger partial charge in [0.2, 0.25) is 5.91 Å². The summed E-state index contributed by atoms with van der Waals surface area (Å²) >= 11 is 7.22. The van der Waals surface area contributed by atoms with Crippen molar-refractivity contribution >= 4 is 51.4 Å². The third-order valence-electron chi connectivity index (χ3n) is 4.53. The standard InChI is InChI=1S/C23H18ClN3O4S/c1-30-19-5-3-2-4-18(19)27-21(28)11-22-25-16(13-32-22)12-31-23(29)15-6-8-17-14(10-15)7-9-20(24)26-17/h2-10,13H,11-12H2,1H3,(H,27,28). The fourth-order valence-electron chi connectivity index (χ4n) is 3.03. The zero-order valence-electron chi connectivity index (χ0n) is 17.0. The molecular weight excluding hydrogens is 450 g/mol. The topological polar surface area (TPSA) is 90.4 Å². The average molecular weight is 468 g/mol. The van der Waals surface area contributed by atoms with E-state index in [2.05, 4.69) is 15.3 Å². The number of pyridine rings is 1. The molecule has 32 heavy (non-hydrogen) atoms. The third-order valence-corrected chi connectivity index (χ3v) is 5.64. The van der Waals surface area contributed by atoms with Crippen LogP contribution in [0.25, 0.3) is 10.9 Å². The Hall–Kier alpha value is -3.49. The Bertz CT molecular complexity index is 1290. The van der Waals surface area contributed by atoms with Gasteiger partial charge in [0, 0.05) is 10.8 Å². The fraction of sp³-hybridized carbons (Fsp3) is 0.130. The minimum atomic E-state index is -0.467. The maximum Gasteiger partial charge on any atom is 0.338 e. The number of hydrogen-bond donors (Lipinski definition) is 1. The number of aromatic nitrogens is 2. The van der Waals surface area contributed by atoms with E-state index in [1.165, 1.54) is 11.3 Å². The number of nitrogens with one attached hydrogen (secondary N) is 1. The zero-order valence-corrected chi connectivity index (χ0v) is 18.6. The number of amides is 1. The first-order chi connectivity index (χ1) is 15.5. The number of nitrogens with zero attached hydrogens (tertiary/aromatic N) is 2. The van der Waals surface area contributed by atoms with Crippen molar-refractivity contribution in [3.05, 3.63) is 81.4 Å². The molecule has 0 aliphatic heterocycles. The van der Waals surface area contributed by atoms with Gasteiger partial charge in [-0.1, -0.05) is 23.7 Å². The van der Waals surface area contributed by atoms with Crippen molar-refractivity contribution in [2.45, 2.75) is 13.0 Å². The van der Waals surface area contributed by atoms with Gasteiger partial charge in [-0.05, 0) is 42.5 Å². The van der Waals surface area contributed by atoms with Gasteiger partial charge >= 0.3 is 5.97 Å². The Morgan fingerprint density at radius 1 is 1.09 bits per heavy atom. The van der Waals surface area contributed by atoms with Crippen LogP contribution in [-0.4, -0.2) is 29.0 Å². The molecule has 1 amide bonds. The predicted octanol–water partition coefficient (Wildman–Crippen LogP) is 4.89. The van der Waals surface area contributed by atoms with Crippen molar-refractivity contribution < 1.29 is 19.1 Å². The summed E-state index contributed by atoms with van der Waals surface area (Å²) in [6.45, 7) is 0.0143. The summed E-state index contributed by atoms with van der Waals surface area (Å²) in [4.78, 5) is 33.3. The number of carbonyl (C=O) groups excluding carboxylic acids is 2. The molecule has 0 saturated carbocycles. The van der Waals surface area contributed by atoms with E-state index in [-0.39, 0.29) is 18.9 Å². The molecule has 0 aliphatic carbocycles. The molecule has 2 aromatic heterocycles. The smallest absolute Gasteiger partial charge is 0.338 e. The van der Waals surface area contributed by atoms with E-state index in [1.54, 1.807) is 55.0 Å². The lowest BCUT2D eigenvalue weighted by molar-refractivity contribution is -0.115. The molecular formula is C23H18ClN3O4S. The summed E-state index contributed by atoms with van der Waals surface area (Å²) in [5.74, 6) is -0.0947. The number of rotatable bonds is 7. The van der Waals surface area contributed by atoms with E-state index >= 15 is 0 Å². The maximum atomic E-state index is 12.4. The second-order valence-electron chi connectivity index (χ2n) is 6.78. The van der Waals surface area contributed by atoms with E-state index in [9.17, 15) is 9.59 Å². The largest absolute Gasteiger partial charge is 0.495 e. The normalized spacial score (nSPS) is 10.7. The van der Waals surface area contributed by atoms with Gasteiger partial charge in [0.25, 0.3) is 0 Å². The number of esters is 1. The predicted molar refractivity (Wildman–Crippen MR) is 123 cm³/mol. The highest BCUT2D eigenvalue weighted by atomic mass is 35.5. The highest BCUT2D eigenvalue weighted by Gasteiger charge is 2.13. The number of anilines is 1. The molecule has 2 heterocycles. The van der Waals surface area contributed by atoms with Gasteiger partial charge in [-0.25, -0.2) is 14.8 Å². The third kappa shape index (κ3) is 5.22. The first-order valence-electron chi connectivity index (χ1n) is 9.61. The zero-order chi connectivity index (χ0) is 22.5. The van der Waals surface area contributed by atoms with Gasteiger partial charge in [0.15, 0.2) is 0 Å². The lowest BCUT2D eigenvalue weighted by atomic mass is 10.1. The first kappa shape index (κ1) is 21.7. The van der Waals surface area contributed by atoms with Crippen LogP contribution in [0.4, 0.5) is 5.69 Å². The van der Waals surface area contributed by atoms with Gasteiger partial charge in [0.1, 0.15) is 22.5 Å². The van der Waals surface area contributed by atoms with Crippen LogP contribution < -0.4 is 10.1 Å². The number of fused-ring (bicyclic) bond motifs is 1. The summed E-state index contributed by atoms with van der Waals surface area (Å²) in [5, 5.41) is 6.39. The van der Waals surface area contributed by atoms with Crippen molar-refractivity contribution in [1.29, 1.82) is 0 Å². The van der Waals surface area contributed by atoms with Crippen molar-refractivity contribution in [2.75, 3.05) is 12.4 Å². The number of ether oxygens (including phenoxy) is 2. The highest BCUT2D eigenvalue weighted by molar-refractivity contribution is 7.09. The number of halogens is 1. The van der Waals surface area contributed by atoms with E-state index in [4.69, 9.17) is 21.1 Å². The van der Waals surface area contributed by atoms with Crippen LogP contribution in [0.2, 0.25) is 5.15 Å². The van der Waals surface area contributed by atoms with Crippen LogP contribution in [0.5, 0.6) is 5.75 Å². The molecule has 4 aromatic rings. The Labute approximate surface area is 193 Å². The molecule has 0 bridgehead atoms. The summed E-state index contributed by atoms with van der Waals surface area (Å²) in [6, 6.07) is 15.7. The molecule has 0 spiro atoms. The summed E-state index contributed by atoms with van der Waals surface area (Å²) in [6.07, 6.45) is 0.108. The van der Waals surface area contributed by atoms with E-state index in [0.29, 0.717) is 38.4 Å². The van der Waals surface area contributed by atoms with Crippen molar-refractivity contribution in [3.63, 3.8) is 0 Å². The van der Waals surface area contributed by atoms with Gasteiger partial charge in [-0.2, -0.15) is 0 Å². The van der Waals surface area contributed by atoms with Gasteiger partial charge < -0.3 is 14.8 Å². The van der Waals surface area contributed by atoms with E-state index in [0.717, 1.165) is 5.39 Å². The molecule has 2 aromatic carbocycles. The molecule has 0 unspecified atom stereocenters. The molecule has 7 nitrogen and oxygen atoms in total. The molecule has 0 fully saturated rings. The second-order valence-corrected chi connectivity index (χ2v) is 8.11. The van der Waals surface area contributed by atoms with Crippen LogP contribution >= 0.6 is 22.9 Å². The number of hydrogen-bond acceptors (Lipinski definition) is 7. The van der Waals surface area contributed by atoms with Crippen LogP contribution in [0.3, 0.4) is 0 Å². The maximum absolute atomic E-state index is 12.4. The first-order valence-corrected chi connectivity index (χ1v) is 10.9. The summed E-state index contributed by atoms with van der Waals surface area (Å²) in [7, 11) is 1.55. The number of benzene rings is 2. The van der Waals surface area contributed by atoms with Gasteiger partial charge in [-0.3, -0.25) is 4.79 Å². The number of thiazole rings is 1. The minimum Gasteiger partial charge on any atom is -0.495 e. The number of carbonyl (C=O) groups is 2. The van der Waals surface area contributed by atoms with Crippen LogP contribution in [-0.2, 0) is 22.6 Å². The Morgan fingerprint density at radius 3 is 2.78 bits per heavy atom. The summed E-state index contributed by atoms with van der Waals surface area (Å²) < 4.78 is 10.6. The molecule has 4 rings (SSSR count). The average Bonchev–Trinajstić information content (AvgIpc) is 3.24. The van der Waals surface area contributed by atoms with Crippen molar-refractivity contribution in [2.24, 2.45) is 0 Å². The van der Waals surface area contributed by atoms with Crippen molar-refractivity contribution in [1.82, 2.24) is 9.97 Å². The molecule has 9 heteroatoms. The lowest BCUT2D eigenvalue weighted by Gasteiger charge is -2.08. The molecule has 0 radical (unpaired) electrons. The van der Waals surface area contributed by atoms with Gasteiger partial charge in [-0.15, -0.1) is 11.3 Å². The monoisotopic (exact) mass is 467 g/mol. The fourth-order valence-corrected chi connectivity index (χ4v) is 3.96. The molecule has 0 aliphatic rings. The van der Waals surface area contributed by atoms with Gasteiger partial charge in [0.05, 0.1) is 36.0 Å². The highest BCUT2D eigenvalue weighted by Crippen LogP contribution is 2.23. The van der Waals surface area contributed by atoms with Crippen LogP contribution in [0.1, 0.15) is 21.1 Å². The molecule has 0 saturated heterocycles. The summed E-state index contributed by atoms with van der Waals surface area (Å²) in [5.41, 5.74) is 2.29.